The van der Waals surface area contributed by atoms with Gasteiger partial charge in [-0.05, 0) is 43.5 Å². The summed E-state index contributed by atoms with van der Waals surface area (Å²) in [5.74, 6) is 1.47. The minimum absolute atomic E-state index is 0.0391. The van der Waals surface area contributed by atoms with Crippen LogP contribution in [0.2, 0.25) is 0 Å². The fraction of sp³-hybridized carbons (Fsp3) is 0.600. The first kappa shape index (κ1) is 20.9. The zero-order valence-corrected chi connectivity index (χ0v) is 16.1. The summed E-state index contributed by atoms with van der Waals surface area (Å²) in [6, 6.07) is 7.47. The summed E-state index contributed by atoms with van der Waals surface area (Å²) in [5.41, 5.74) is 0. The number of urea groups is 1. The van der Waals surface area contributed by atoms with Crippen LogP contribution in [0.3, 0.4) is 0 Å². The van der Waals surface area contributed by atoms with Crippen molar-refractivity contribution in [1.29, 1.82) is 0 Å². The van der Waals surface area contributed by atoms with Crippen molar-refractivity contribution in [2.45, 2.75) is 51.0 Å². The van der Waals surface area contributed by atoms with Crippen LogP contribution in [0.4, 0.5) is 4.79 Å². The lowest BCUT2D eigenvalue weighted by atomic mass is 9.96. The molecule has 3 N–H and O–H groups in total. The molecule has 150 valence electrons. The van der Waals surface area contributed by atoms with Crippen molar-refractivity contribution in [3.05, 3.63) is 24.3 Å². The lowest BCUT2D eigenvalue weighted by Gasteiger charge is -2.22. The number of amides is 3. The lowest BCUT2D eigenvalue weighted by molar-refractivity contribution is -0.121. The van der Waals surface area contributed by atoms with Crippen molar-refractivity contribution < 1.29 is 19.1 Å². The Labute approximate surface area is 161 Å². The van der Waals surface area contributed by atoms with Crippen molar-refractivity contribution in [1.82, 2.24) is 16.0 Å². The number of methoxy groups -OCH3 is 1. The largest absolute Gasteiger partial charge is 0.497 e. The van der Waals surface area contributed by atoms with Gasteiger partial charge in [-0.15, -0.1) is 0 Å². The number of ether oxygens (including phenoxy) is 2. The number of hydrogen-bond donors (Lipinski definition) is 3. The van der Waals surface area contributed by atoms with Gasteiger partial charge in [0.1, 0.15) is 18.1 Å². The van der Waals surface area contributed by atoms with Gasteiger partial charge in [-0.3, -0.25) is 4.79 Å². The predicted octanol–water partition coefficient (Wildman–Crippen LogP) is 2.60. The first-order chi connectivity index (χ1) is 13.2. The molecule has 0 radical (unpaired) electrons. The van der Waals surface area contributed by atoms with E-state index >= 15 is 0 Å². The van der Waals surface area contributed by atoms with Gasteiger partial charge in [0, 0.05) is 19.0 Å². The van der Waals surface area contributed by atoms with E-state index in [0.29, 0.717) is 38.6 Å². The summed E-state index contributed by atoms with van der Waals surface area (Å²) in [4.78, 5) is 23.6. The van der Waals surface area contributed by atoms with Crippen molar-refractivity contribution >= 4 is 11.9 Å². The van der Waals surface area contributed by atoms with Crippen LogP contribution >= 0.6 is 0 Å². The fourth-order valence-corrected chi connectivity index (χ4v) is 3.05. The molecule has 1 aromatic carbocycles. The van der Waals surface area contributed by atoms with Gasteiger partial charge >= 0.3 is 6.03 Å². The highest BCUT2D eigenvalue weighted by Gasteiger charge is 2.15. The lowest BCUT2D eigenvalue weighted by Crippen LogP contribution is -2.43. The molecule has 0 spiro atoms. The van der Waals surface area contributed by atoms with E-state index in [1.807, 2.05) is 24.3 Å². The number of carbonyl (C=O) groups is 2. The van der Waals surface area contributed by atoms with Gasteiger partial charge in [0.15, 0.2) is 0 Å². The minimum atomic E-state index is -0.129. The Morgan fingerprint density at radius 2 is 1.70 bits per heavy atom. The standard InChI is InChI=1S/C20H31N3O4/c1-26-17-9-11-18(12-10-17)27-15-14-21-19(24)8-5-13-22-20(25)23-16-6-3-2-4-7-16/h9-12,16H,2-8,13-15H2,1H3,(H,21,24)(H2,22,23,25). The van der Waals surface area contributed by atoms with E-state index in [1.165, 1.54) is 19.3 Å². The first-order valence-corrected chi connectivity index (χ1v) is 9.75. The summed E-state index contributed by atoms with van der Waals surface area (Å²) in [6.07, 6.45) is 6.76. The molecular weight excluding hydrogens is 346 g/mol. The normalized spacial score (nSPS) is 14.3. The highest BCUT2D eigenvalue weighted by atomic mass is 16.5. The third-order valence-corrected chi connectivity index (χ3v) is 4.56. The van der Waals surface area contributed by atoms with Crippen LogP contribution < -0.4 is 25.4 Å². The molecule has 27 heavy (non-hydrogen) atoms. The summed E-state index contributed by atoms with van der Waals surface area (Å²) in [7, 11) is 1.62. The Balaban J connectivity index is 1.46. The second-order valence-corrected chi connectivity index (χ2v) is 6.71. The maximum absolute atomic E-state index is 11.8. The Kier molecular flexibility index (Phi) is 9.30. The molecule has 0 aliphatic heterocycles. The van der Waals surface area contributed by atoms with Crippen molar-refractivity contribution in [3.63, 3.8) is 0 Å². The van der Waals surface area contributed by atoms with Crippen molar-refractivity contribution in [3.8, 4) is 11.5 Å². The van der Waals surface area contributed by atoms with Crippen LogP contribution in [0.15, 0.2) is 24.3 Å². The Morgan fingerprint density at radius 3 is 2.41 bits per heavy atom. The summed E-state index contributed by atoms with van der Waals surface area (Å²) in [5, 5.41) is 8.63. The van der Waals surface area contributed by atoms with E-state index in [0.717, 1.165) is 24.3 Å². The summed E-state index contributed by atoms with van der Waals surface area (Å²) < 4.78 is 10.6. The third-order valence-electron chi connectivity index (χ3n) is 4.56. The molecular formula is C20H31N3O4. The number of rotatable bonds is 10. The second kappa shape index (κ2) is 12.0. The Morgan fingerprint density at radius 1 is 1.00 bits per heavy atom. The van der Waals surface area contributed by atoms with Gasteiger partial charge in [0.25, 0.3) is 0 Å². The summed E-state index contributed by atoms with van der Waals surface area (Å²) in [6.45, 7) is 1.34. The van der Waals surface area contributed by atoms with E-state index in [9.17, 15) is 9.59 Å². The van der Waals surface area contributed by atoms with Crippen LogP contribution in [0.1, 0.15) is 44.9 Å². The van der Waals surface area contributed by atoms with Crippen molar-refractivity contribution in [2.75, 3.05) is 26.8 Å². The number of carbonyl (C=O) groups excluding carboxylic acids is 2. The molecule has 0 heterocycles. The average molecular weight is 377 g/mol. The number of hydrogen-bond acceptors (Lipinski definition) is 4. The SMILES string of the molecule is COc1ccc(OCCNC(=O)CCCNC(=O)NC2CCCCC2)cc1. The molecule has 0 aromatic heterocycles. The molecule has 1 saturated carbocycles. The summed E-state index contributed by atoms with van der Waals surface area (Å²) >= 11 is 0. The minimum Gasteiger partial charge on any atom is -0.497 e. The van der Waals surface area contributed by atoms with Crippen LogP contribution in [0, 0.1) is 0 Å². The molecule has 1 aromatic rings. The maximum Gasteiger partial charge on any atom is 0.315 e. The molecule has 0 unspecified atom stereocenters. The predicted molar refractivity (Wildman–Crippen MR) is 104 cm³/mol. The molecule has 7 nitrogen and oxygen atoms in total. The van der Waals surface area contributed by atoms with Gasteiger partial charge in [-0.25, -0.2) is 4.79 Å². The highest BCUT2D eigenvalue weighted by molar-refractivity contribution is 5.76. The first-order valence-electron chi connectivity index (χ1n) is 9.75. The average Bonchev–Trinajstić information content (AvgIpc) is 2.70. The molecule has 2 rings (SSSR count). The number of benzene rings is 1. The molecule has 1 aliphatic rings. The smallest absolute Gasteiger partial charge is 0.315 e. The second-order valence-electron chi connectivity index (χ2n) is 6.71. The quantitative estimate of drug-likeness (QED) is 0.547. The van der Waals surface area contributed by atoms with E-state index in [-0.39, 0.29) is 11.9 Å². The molecule has 7 heteroatoms. The molecule has 1 aliphatic carbocycles. The zero-order valence-electron chi connectivity index (χ0n) is 16.1. The third kappa shape index (κ3) is 8.66. The Bertz CT molecular complexity index is 571. The van der Waals surface area contributed by atoms with E-state index in [1.54, 1.807) is 7.11 Å². The zero-order chi connectivity index (χ0) is 19.3. The van der Waals surface area contributed by atoms with Crippen LogP contribution in [0.5, 0.6) is 11.5 Å². The van der Waals surface area contributed by atoms with Gasteiger partial charge in [-0.1, -0.05) is 19.3 Å². The van der Waals surface area contributed by atoms with Gasteiger partial charge in [-0.2, -0.15) is 0 Å². The topological polar surface area (TPSA) is 88.7 Å². The fourth-order valence-electron chi connectivity index (χ4n) is 3.05. The molecule has 0 bridgehead atoms. The Hall–Kier alpha value is -2.44. The molecule has 0 atom stereocenters. The molecule has 1 fully saturated rings. The van der Waals surface area contributed by atoms with E-state index < -0.39 is 0 Å². The van der Waals surface area contributed by atoms with Gasteiger partial charge < -0.3 is 25.4 Å². The highest BCUT2D eigenvalue weighted by Crippen LogP contribution is 2.17. The van der Waals surface area contributed by atoms with E-state index in [2.05, 4.69) is 16.0 Å². The van der Waals surface area contributed by atoms with Crippen LogP contribution in [0.25, 0.3) is 0 Å². The van der Waals surface area contributed by atoms with Gasteiger partial charge in [0.05, 0.1) is 13.7 Å². The number of nitrogens with one attached hydrogen (secondary N) is 3. The van der Waals surface area contributed by atoms with Crippen LogP contribution in [-0.2, 0) is 4.79 Å². The van der Waals surface area contributed by atoms with E-state index in [4.69, 9.17) is 9.47 Å². The maximum atomic E-state index is 11.8. The molecule has 0 saturated heterocycles. The van der Waals surface area contributed by atoms with Crippen molar-refractivity contribution in [2.24, 2.45) is 0 Å². The van der Waals surface area contributed by atoms with Crippen LogP contribution in [-0.4, -0.2) is 44.8 Å². The van der Waals surface area contributed by atoms with Gasteiger partial charge in [0.2, 0.25) is 5.91 Å². The monoisotopic (exact) mass is 377 g/mol. The molecule has 3 amide bonds.